The van der Waals surface area contributed by atoms with Gasteiger partial charge in [0, 0.05) is 12.2 Å². The second kappa shape index (κ2) is 7.05. The van der Waals surface area contributed by atoms with Gasteiger partial charge in [0.2, 0.25) is 0 Å². The molecule has 0 saturated carbocycles. The number of benzene rings is 1. The number of hydrogen-bond donors (Lipinski definition) is 6. The van der Waals surface area contributed by atoms with Gasteiger partial charge in [0.15, 0.2) is 0 Å². The molecular weight excluding hydrogens is 254 g/mol. The molecule has 3 unspecified atom stereocenters. The number of carbonyl (C=O) groups is 1. The Kier molecular flexibility index (Phi) is 5.71. The predicted octanol–water partition coefficient (Wildman–Crippen LogP) is -1.13. The number of aliphatic hydroxyl groups is 4. The lowest BCUT2D eigenvalue weighted by atomic mass is 10.1. The standard InChI is InChI=1S/C12H17NO6/c14-6-10(16)11(17)9(15)5-13-8-4-2-1-3-7(8)12(18)19/h1-4,9-11,13-17H,5-6H2,(H,18,19). The van der Waals surface area contributed by atoms with Gasteiger partial charge in [-0.15, -0.1) is 0 Å². The summed E-state index contributed by atoms with van der Waals surface area (Å²) in [4.78, 5) is 10.9. The van der Waals surface area contributed by atoms with Crippen molar-refractivity contribution in [2.24, 2.45) is 0 Å². The highest BCUT2D eigenvalue weighted by molar-refractivity contribution is 5.94. The quantitative estimate of drug-likeness (QED) is 0.370. The van der Waals surface area contributed by atoms with Crippen molar-refractivity contribution in [1.29, 1.82) is 0 Å². The average molecular weight is 271 g/mol. The van der Waals surface area contributed by atoms with E-state index in [1.54, 1.807) is 12.1 Å². The number of hydrogen-bond acceptors (Lipinski definition) is 6. The molecule has 0 heterocycles. The molecule has 0 radical (unpaired) electrons. The molecule has 106 valence electrons. The molecule has 0 bridgehead atoms. The van der Waals surface area contributed by atoms with Crippen molar-refractivity contribution in [2.75, 3.05) is 18.5 Å². The molecule has 0 amide bonds. The molecule has 0 fully saturated rings. The number of rotatable bonds is 7. The van der Waals surface area contributed by atoms with E-state index in [2.05, 4.69) is 5.32 Å². The monoisotopic (exact) mass is 271 g/mol. The third-order valence-electron chi connectivity index (χ3n) is 2.63. The third-order valence-corrected chi connectivity index (χ3v) is 2.63. The molecule has 0 saturated heterocycles. The Morgan fingerprint density at radius 3 is 2.37 bits per heavy atom. The van der Waals surface area contributed by atoms with Gasteiger partial charge in [-0.25, -0.2) is 4.79 Å². The first-order valence-corrected chi connectivity index (χ1v) is 5.68. The van der Waals surface area contributed by atoms with Crippen LogP contribution in [0.3, 0.4) is 0 Å². The van der Waals surface area contributed by atoms with Crippen LogP contribution in [0.15, 0.2) is 24.3 Å². The number of aliphatic hydroxyl groups excluding tert-OH is 4. The van der Waals surface area contributed by atoms with E-state index in [0.29, 0.717) is 5.69 Å². The van der Waals surface area contributed by atoms with Crippen LogP contribution in [0.5, 0.6) is 0 Å². The number of carboxylic acid groups (broad SMARTS) is 1. The molecular formula is C12H17NO6. The van der Waals surface area contributed by atoms with Crippen LogP contribution in [0.1, 0.15) is 10.4 Å². The molecule has 19 heavy (non-hydrogen) atoms. The minimum atomic E-state index is -1.52. The summed E-state index contributed by atoms with van der Waals surface area (Å²) in [5.41, 5.74) is 0.326. The van der Waals surface area contributed by atoms with Crippen molar-refractivity contribution in [1.82, 2.24) is 0 Å². The van der Waals surface area contributed by atoms with Gasteiger partial charge in [-0.05, 0) is 12.1 Å². The maximum absolute atomic E-state index is 10.9. The zero-order chi connectivity index (χ0) is 14.4. The first kappa shape index (κ1) is 15.4. The van der Waals surface area contributed by atoms with Crippen molar-refractivity contribution in [3.63, 3.8) is 0 Å². The van der Waals surface area contributed by atoms with E-state index >= 15 is 0 Å². The van der Waals surface area contributed by atoms with Crippen LogP contribution in [0, 0.1) is 0 Å². The number of para-hydroxylation sites is 1. The van der Waals surface area contributed by atoms with Crippen molar-refractivity contribution in [3.8, 4) is 0 Å². The molecule has 7 nitrogen and oxygen atoms in total. The highest BCUT2D eigenvalue weighted by Crippen LogP contribution is 2.15. The van der Waals surface area contributed by atoms with Gasteiger partial charge < -0.3 is 30.8 Å². The summed E-state index contributed by atoms with van der Waals surface area (Å²) in [7, 11) is 0. The second-order valence-corrected chi connectivity index (χ2v) is 4.04. The SMILES string of the molecule is O=C(O)c1ccccc1NCC(O)C(O)C(O)CO. The lowest BCUT2D eigenvalue weighted by Crippen LogP contribution is -2.43. The van der Waals surface area contributed by atoms with Crippen molar-refractivity contribution in [3.05, 3.63) is 29.8 Å². The summed E-state index contributed by atoms with van der Waals surface area (Å²) < 4.78 is 0. The third kappa shape index (κ3) is 4.18. The van der Waals surface area contributed by atoms with Crippen LogP contribution in [-0.4, -0.2) is 63.0 Å². The first-order valence-electron chi connectivity index (χ1n) is 5.68. The van der Waals surface area contributed by atoms with E-state index in [9.17, 15) is 15.0 Å². The van der Waals surface area contributed by atoms with E-state index in [0.717, 1.165) is 0 Å². The first-order chi connectivity index (χ1) is 8.97. The largest absolute Gasteiger partial charge is 0.478 e. The fraction of sp³-hybridized carbons (Fsp3) is 0.417. The summed E-state index contributed by atoms with van der Waals surface area (Å²) >= 11 is 0. The normalized spacial score (nSPS) is 15.6. The molecule has 7 heteroatoms. The smallest absolute Gasteiger partial charge is 0.337 e. The van der Waals surface area contributed by atoms with E-state index in [-0.39, 0.29) is 12.1 Å². The Morgan fingerprint density at radius 1 is 1.16 bits per heavy atom. The van der Waals surface area contributed by atoms with E-state index in [1.807, 2.05) is 0 Å². The number of carboxylic acids is 1. The topological polar surface area (TPSA) is 130 Å². The highest BCUT2D eigenvalue weighted by atomic mass is 16.4. The van der Waals surface area contributed by atoms with Crippen LogP contribution >= 0.6 is 0 Å². The molecule has 1 aromatic carbocycles. The van der Waals surface area contributed by atoms with Crippen LogP contribution < -0.4 is 5.32 Å². The Hall–Kier alpha value is -1.67. The molecule has 0 aliphatic heterocycles. The molecule has 6 N–H and O–H groups in total. The second-order valence-electron chi connectivity index (χ2n) is 4.04. The van der Waals surface area contributed by atoms with Crippen LogP contribution in [0.2, 0.25) is 0 Å². The molecule has 0 aliphatic carbocycles. The molecule has 1 aromatic rings. The van der Waals surface area contributed by atoms with Crippen LogP contribution in [0.25, 0.3) is 0 Å². The Morgan fingerprint density at radius 2 is 1.79 bits per heavy atom. The van der Waals surface area contributed by atoms with Crippen molar-refractivity contribution in [2.45, 2.75) is 18.3 Å². The Labute approximate surface area is 109 Å². The van der Waals surface area contributed by atoms with Gasteiger partial charge in [-0.2, -0.15) is 0 Å². The average Bonchev–Trinajstić information content (AvgIpc) is 2.43. The summed E-state index contributed by atoms with van der Waals surface area (Å²) in [6.07, 6.45) is -4.31. The number of nitrogens with one attached hydrogen (secondary N) is 1. The maximum atomic E-state index is 10.9. The van der Waals surface area contributed by atoms with E-state index < -0.39 is 30.9 Å². The van der Waals surface area contributed by atoms with Gasteiger partial charge in [-0.1, -0.05) is 12.1 Å². The van der Waals surface area contributed by atoms with Gasteiger partial charge in [0.1, 0.15) is 12.2 Å². The Balaban J connectivity index is 2.64. The van der Waals surface area contributed by atoms with Crippen LogP contribution in [0.4, 0.5) is 5.69 Å². The maximum Gasteiger partial charge on any atom is 0.337 e. The zero-order valence-corrected chi connectivity index (χ0v) is 10.1. The lowest BCUT2D eigenvalue weighted by Gasteiger charge is -2.22. The molecule has 0 aliphatic rings. The fourth-order valence-electron chi connectivity index (χ4n) is 1.52. The van der Waals surface area contributed by atoms with Crippen molar-refractivity contribution >= 4 is 11.7 Å². The predicted molar refractivity (Wildman–Crippen MR) is 67.0 cm³/mol. The zero-order valence-electron chi connectivity index (χ0n) is 10.1. The van der Waals surface area contributed by atoms with Crippen LogP contribution in [-0.2, 0) is 0 Å². The van der Waals surface area contributed by atoms with Gasteiger partial charge in [0.05, 0.1) is 18.3 Å². The Bertz CT molecular complexity index is 424. The lowest BCUT2D eigenvalue weighted by molar-refractivity contribution is -0.0715. The molecule has 0 aromatic heterocycles. The van der Waals surface area contributed by atoms with Gasteiger partial charge in [-0.3, -0.25) is 0 Å². The molecule has 1 rings (SSSR count). The summed E-state index contributed by atoms with van der Waals surface area (Å²) in [6.45, 7) is -0.841. The van der Waals surface area contributed by atoms with Gasteiger partial charge >= 0.3 is 5.97 Å². The number of anilines is 1. The van der Waals surface area contributed by atoms with E-state index in [4.69, 9.17) is 15.3 Å². The highest BCUT2D eigenvalue weighted by Gasteiger charge is 2.24. The summed E-state index contributed by atoms with van der Waals surface area (Å²) in [5.74, 6) is -1.12. The minimum Gasteiger partial charge on any atom is -0.478 e. The fourth-order valence-corrected chi connectivity index (χ4v) is 1.52. The minimum absolute atomic E-state index is 0.0342. The summed E-state index contributed by atoms with van der Waals surface area (Å²) in [6, 6.07) is 6.11. The van der Waals surface area contributed by atoms with Gasteiger partial charge in [0.25, 0.3) is 0 Å². The summed E-state index contributed by atoms with van der Waals surface area (Å²) in [5, 5.41) is 48.4. The molecule has 3 atom stereocenters. The molecule has 0 spiro atoms. The number of aromatic carboxylic acids is 1. The van der Waals surface area contributed by atoms with E-state index in [1.165, 1.54) is 12.1 Å². The van der Waals surface area contributed by atoms with Crippen molar-refractivity contribution < 1.29 is 30.3 Å².